The fraction of sp³-hybridized carbons (Fsp3) is 0.600. The molecule has 2 fully saturated rings. The van der Waals surface area contributed by atoms with Crippen molar-refractivity contribution in [1.82, 2.24) is 35.3 Å². The van der Waals surface area contributed by atoms with Gasteiger partial charge >= 0.3 is 6.03 Å². The molecule has 0 spiro atoms. The molecule has 2 aromatic carbocycles. The van der Waals surface area contributed by atoms with E-state index in [4.69, 9.17) is 19.2 Å². The van der Waals surface area contributed by atoms with Crippen molar-refractivity contribution in [2.45, 2.75) is 178 Å². The number of aromatic nitrogens is 2. The number of benzene rings is 2. The normalized spacial score (nSPS) is 14.2. The van der Waals surface area contributed by atoms with Gasteiger partial charge in [-0.1, -0.05) is 107 Å². The number of fused-ring (bicyclic) bond motifs is 1. The number of amides is 4. The Hall–Kier alpha value is -6.35. The summed E-state index contributed by atoms with van der Waals surface area (Å²) < 4.78 is 19.7. The first-order chi connectivity index (χ1) is 38.7. The number of pyridine rings is 1. The highest BCUT2D eigenvalue weighted by atomic mass is 16.5. The highest BCUT2D eigenvalue weighted by molar-refractivity contribution is 5.96. The molecule has 0 radical (unpaired) electrons. The number of aryl methyl sites for hydroxylation is 1. The molecule has 448 valence electrons. The molecule has 16 nitrogen and oxygen atoms in total. The van der Waals surface area contributed by atoms with Gasteiger partial charge in [0.05, 0.1) is 30.1 Å². The first-order valence-corrected chi connectivity index (χ1v) is 29.6. The molecule has 2 aliphatic rings. The number of aldehydes is 1. The van der Waals surface area contributed by atoms with E-state index in [1.165, 1.54) is 35.6 Å². The number of hydrogen-bond acceptors (Lipinski definition) is 11. The third kappa shape index (κ3) is 20.2. The Morgan fingerprint density at radius 2 is 1.62 bits per heavy atom. The Bertz CT molecular complexity index is 2670. The van der Waals surface area contributed by atoms with Crippen LogP contribution in [0.4, 0.5) is 4.79 Å². The van der Waals surface area contributed by atoms with E-state index in [1.807, 2.05) is 92.6 Å². The molecule has 6 rings (SSSR count). The van der Waals surface area contributed by atoms with Crippen LogP contribution in [0, 0.1) is 22.7 Å². The summed E-state index contributed by atoms with van der Waals surface area (Å²) in [4.78, 5) is 85.1. The third-order valence-electron chi connectivity index (χ3n) is 14.7. The van der Waals surface area contributed by atoms with E-state index in [0.717, 1.165) is 83.1 Å². The molecule has 4 amide bonds. The molecule has 2 aromatic heterocycles. The average Bonchev–Trinajstić information content (AvgIpc) is 4.25. The van der Waals surface area contributed by atoms with Crippen LogP contribution in [-0.4, -0.2) is 122 Å². The topological polar surface area (TPSA) is 190 Å². The molecule has 2 heterocycles. The molecule has 4 aromatic rings. The maximum atomic E-state index is 14.4. The molecule has 3 unspecified atom stereocenters. The van der Waals surface area contributed by atoms with Gasteiger partial charge < -0.3 is 49.3 Å². The van der Waals surface area contributed by atoms with Crippen LogP contribution in [0.3, 0.4) is 0 Å². The van der Waals surface area contributed by atoms with Crippen molar-refractivity contribution in [3.63, 3.8) is 0 Å². The number of methoxy groups -OCH3 is 1. The van der Waals surface area contributed by atoms with Crippen LogP contribution < -0.4 is 20.7 Å². The largest absolute Gasteiger partial charge is 0.467 e. The van der Waals surface area contributed by atoms with Gasteiger partial charge in [0.2, 0.25) is 11.8 Å². The first kappa shape index (κ1) is 68.9. The minimum Gasteiger partial charge on any atom is -0.467 e. The number of carbonyl (C=O) groups is 5. The maximum Gasteiger partial charge on any atom is 0.317 e. The van der Waals surface area contributed by atoms with E-state index in [9.17, 15) is 28.8 Å². The Labute approximate surface area is 484 Å². The number of allylic oxidation sites excluding steroid dienone is 1. The van der Waals surface area contributed by atoms with Crippen LogP contribution >= 0.6 is 0 Å². The second-order valence-electron chi connectivity index (χ2n) is 22.8. The molecular weight excluding hydrogens is 1020 g/mol. The summed E-state index contributed by atoms with van der Waals surface area (Å²) in [6.45, 7) is 26.8. The molecule has 2 aliphatic carbocycles. The SMILES string of the molecule is CC.CC.CCCCCNC.CCn1c(-c2cccnc2C(C)OC)c(CC(C)(C)COC=O)c2cc(-c3cc(CC(C=O)NC(=O)C(C4CCCC4)N(C)C(=O)CN(C)C(=O)NCC4CC4)cc(OC(=C=O)C(C)(C)C)c3)ccc21. The molecule has 3 N–H and O–H groups in total. The van der Waals surface area contributed by atoms with Gasteiger partial charge in [0.15, 0.2) is 11.7 Å². The zero-order valence-corrected chi connectivity index (χ0v) is 52.0. The van der Waals surface area contributed by atoms with Crippen molar-refractivity contribution in [3.05, 3.63) is 77.3 Å². The zero-order chi connectivity index (χ0) is 60.5. The number of unbranched alkanes of at least 4 members (excludes halogenated alkanes) is 2. The van der Waals surface area contributed by atoms with E-state index in [0.29, 0.717) is 49.5 Å². The molecule has 2 saturated carbocycles. The van der Waals surface area contributed by atoms with Crippen molar-refractivity contribution >= 4 is 47.4 Å². The Kier molecular flexibility index (Phi) is 29.1. The third-order valence-corrected chi connectivity index (χ3v) is 14.7. The quantitative estimate of drug-likeness (QED) is 0.0223. The standard InChI is InChI=1S/C55H72N6O9.C6H15N.2C2H6/c1-11-61-46-21-20-39(27-44(46)45(28-55(6,7)33-69-34-64)51(61)43-17-14-22-56-49(43)35(2)68-10)40-23-37(25-42(26-40)70-47(32-63)54(3,4)5)24-41(31-62)58-52(66)50(38-15-12-13-16-38)60(9)48(65)30-59(8)53(67)57-29-36-18-19-36;1-3-4-5-6-7-2;2*1-2/h14,17,20-23,25-27,31,34-36,38,41,50H,11-13,15-16,18-19,24,28-30,33H2,1-10H3,(H,57,67)(H,58,66);7H,3-6H2,1-2H3;2*1-2H3. The minimum atomic E-state index is -0.989. The van der Waals surface area contributed by atoms with Crippen molar-refractivity contribution in [3.8, 4) is 28.1 Å². The van der Waals surface area contributed by atoms with Crippen LogP contribution in [0.1, 0.15) is 164 Å². The van der Waals surface area contributed by atoms with Crippen LogP contribution in [0.15, 0.2) is 60.5 Å². The fourth-order valence-electron chi connectivity index (χ4n) is 10.1. The summed E-state index contributed by atoms with van der Waals surface area (Å²) in [5.74, 6) is 1.96. The van der Waals surface area contributed by atoms with Crippen LogP contribution in [0.5, 0.6) is 5.75 Å². The monoisotopic (exact) mass is 1120 g/mol. The summed E-state index contributed by atoms with van der Waals surface area (Å²) >= 11 is 0. The lowest BCUT2D eigenvalue weighted by molar-refractivity contribution is -0.141. The lowest BCUT2D eigenvalue weighted by Crippen LogP contribution is -2.56. The van der Waals surface area contributed by atoms with Gasteiger partial charge in [-0.3, -0.25) is 19.4 Å². The Morgan fingerprint density at radius 1 is 0.926 bits per heavy atom. The number of rotatable bonds is 27. The number of likely N-dealkylation sites (N-methyl/N-ethyl adjacent to an activating group) is 2. The lowest BCUT2D eigenvalue weighted by Gasteiger charge is -2.33. The van der Waals surface area contributed by atoms with E-state index in [2.05, 4.69) is 66.4 Å². The smallest absolute Gasteiger partial charge is 0.317 e. The van der Waals surface area contributed by atoms with Crippen molar-refractivity contribution < 1.29 is 43.0 Å². The molecular formula is C65H99N7O9. The Balaban J connectivity index is 0.00000144. The Morgan fingerprint density at radius 3 is 2.20 bits per heavy atom. The van der Waals surface area contributed by atoms with E-state index >= 15 is 0 Å². The van der Waals surface area contributed by atoms with Gasteiger partial charge in [0.25, 0.3) is 6.47 Å². The number of urea groups is 1. The highest BCUT2D eigenvalue weighted by Crippen LogP contribution is 2.42. The molecule has 16 heteroatoms. The van der Waals surface area contributed by atoms with Gasteiger partial charge in [-0.2, -0.15) is 0 Å². The summed E-state index contributed by atoms with van der Waals surface area (Å²) in [7, 11) is 6.81. The molecule has 0 aliphatic heterocycles. The zero-order valence-electron chi connectivity index (χ0n) is 52.0. The summed E-state index contributed by atoms with van der Waals surface area (Å²) in [5.41, 5.74) is 5.80. The lowest BCUT2D eigenvalue weighted by atomic mass is 9.84. The highest BCUT2D eigenvalue weighted by Gasteiger charge is 2.38. The first-order valence-electron chi connectivity index (χ1n) is 29.6. The van der Waals surface area contributed by atoms with E-state index < -0.39 is 28.8 Å². The molecule has 3 atom stereocenters. The predicted octanol–water partition coefficient (Wildman–Crippen LogP) is 11.7. The van der Waals surface area contributed by atoms with Crippen molar-refractivity contribution in [1.29, 1.82) is 0 Å². The summed E-state index contributed by atoms with van der Waals surface area (Å²) in [6, 6.07) is 13.6. The number of nitrogens with zero attached hydrogens (tertiary/aromatic N) is 4. The second kappa shape index (κ2) is 34.2. The van der Waals surface area contributed by atoms with Gasteiger partial charge in [-0.15, -0.1) is 0 Å². The van der Waals surface area contributed by atoms with Crippen molar-refractivity contribution in [2.24, 2.45) is 22.7 Å². The fourth-order valence-corrected chi connectivity index (χ4v) is 10.1. The number of nitrogens with one attached hydrogen (secondary N) is 3. The second-order valence-corrected chi connectivity index (χ2v) is 22.8. The summed E-state index contributed by atoms with van der Waals surface area (Å²) in [5, 5.41) is 9.92. The van der Waals surface area contributed by atoms with Crippen LogP contribution in [0.2, 0.25) is 0 Å². The van der Waals surface area contributed by atoms with Gasteiger partial charge in [-0.25, -0.2) is 9.59 Å². The number of carbonyl (C=O) groups excluding carboxylic acids is 6. The van der Waals surface area contributed by atoms with Crippen LogP contribution in [-0.2, 0) is 52.8 Å². The number of ether oxygens (including phenoxy) is 3. The number of hydrogen-bond donors (Lipinski definition) is 3. The molecule has 81 heavy (non-hydrogen) atoms. The average molecular weight is 1120 g/mol. The molecule has 0 saturated heterocycles. The van der Waals surface area contributed by atoms with Crippen molar-refractivity contribution in [2.75, 3.05) is 54.5 Å². The van der Waals surface area contributed by atoms with Gasteiger partial charge in [-0.05, 0) is 143 Å². The van der Waals surface area contributed by atoms with Gasteiger partial charge in [0, 0.05) is 67.8 Å². The maximum absolute atomic E-state index is 14.4. The summed E-state index contributed by atoms with van der Waals surface area (Å²) in [6.07, 6.45) is 12.3. The van der Waals surface area contributed by atoms with E-state index in [1.54, 1.807) is 33.5 Å². The van der Waals surface area contributed by atoms with Gasteiger partial charge in [0.1, 0.15) is 24.6 Å². The minimum absolute atomic E-state index is 0.0737. The predicted molar refractivity (Wildman–Crippen MR) is 326 cm³/mol. The molecule has 0 bridgehead atoms. The van der Waals surface area contributed by atoms with E-state index in [-0.39, 0.29) is 49.3 Å². The van der Waals surface area contributed by atoms with Crippen LogP contribution in [0.25, 0.3) is 33.3 Å².